The smallest absolute Gasteiger partial charge is 0.291 e. The number of carbonyl (C=O) groups is 1. The summed E-state index contributed by atoms with van der Waals surface area (Å²) in [6.45, 7) is 3.55. The van der Waals surface area contributed by atoms with E-state index in [4.69, 9.17) is 0 Å². The molecule has 0 saturated carbocycles. The van der Waals surface area contributed by atoms with Crippen molar-refractivity contribution in [3.05, 3.63) is 70.0 Å². The standard InChI is InChI=1S/C20H18N4O2S/c1-12-8-10-14(11-9-12)19-23(13(2)25)16-7-5-4-6-15(16)17-18(26)21-20(27-3)22-24(17)19/h4-11,19H,1-3H3/p+1/t19-/m0/s1. The van der Waals surface area contributed by atoms with E-state index in [-0.39, 0.29) is 11.5 Å². The Labute approximate surface area is 160 Å². The number of para-hydroxylation sites is 1. The van der Waals surface area contributed by atoms with E-state index < -0.39 is 6.17 Å². The van der Waals surface area contributed by atoms with Crippen LogP contribution >= 0.6 is 11.8 Å². The zero-order valence-corrected chi connectivity index (χ0v) is 16.1. The van der Waals surface area contributed by atoms with E-state index in [1.54, 1.807) is 9.58 Å². The van der Waals surface area contributed by atoms with Crippen molar-refractivity contribution in [2.75, 3.05) is 11.2 Å². The van der Waals surface area contributed by atoms with Gasteiger partial charge in [0.1, 0.15) is 0 Å². The van der Waals surface area contributed by atoms with Gasteiger partial charge < -0.3 is 0 Å². The summed E-state index contributed by atoms with van der Waals surface area (Å²) in [5.74, 6) is -0.112. The summed E-state index contributed by atoms with van der Waals surface area (Å²) in [7, 11) is 0. The number of rotatable bonds is 2. The summed E-state index contributed by atoms with van der Waals surface area (Å²) in [6.07, 6.45) is 1.33. The van der Waals surface area contributed by atoms with E-state index in [0.717, 1.165) is 11.1 Å². The van der Waals surface area contributed by atoms with Gasteiger partial charge in [0, 0.05) is 17.6 Å². The minimum Gasteiger partial charge on any atom is -0.291 e. The van der Waals surface area contributed by atoms with Gasteiger partial charge in [-0.3, -0.25) is 14.6 Å². The number of fused-ring (bicyclic) bond motifs is 3. The number of aromatic nitrogens is 3. The maximum Gasteiger partial charge on any atom is 0.325 e. The molecule has 1 aliphatic heterocycles. The molecule has 3 aromatic rings. The quantitative estimate of drug-likeness (QED) is 0.549. The molecule has 0 radical (unpaired) electrons. The highest BCUT2D eigenvalue weighted by molar-refractivity contribution is 7.98. The van der Waals surface area contributed by atoms with Crippen molar-refractivity contribution in [2.45, 2.75) is 25.2 Å². The molecule has 2 heterocycles. The Bertz CT molecular complexity index is 1090. The molecule has 0 fully saturated rings. The van der Waals surface area contributed by atoms with E-state index in [2.05, 4.69) is 10.1 Å². The molecule has 1 aliphatic rings. The Kier molecular flexibility index (Phi) is 4.31. The maximum atomic E-state index is 12.9. The van der Waals surface area contributed by atoms with Crippen molar-refractivity contribution in [2.24, 2.45) is 0 Å². The Morgan fingerprint density at radius 2 is 1.89 bits per heavy atom. The van der Waals surface area contributed by atoms with Crippen LogP contribution in [0.5, 0.6) is 0 Å². The molecule has 0 saturated heterocycles. The van der Waals surface area contributed by atoms with Crippen molar-refractivity contribution in [3.8, 4) is 11.3 Å². The van der Waals surface area contributed by atoms with Crippen molar-refractivity contribution >= 4 is 23.4 Å². The highest BCUT2D eigenvalue weighted by Crippen LogP contribution is 2.37. The van der Waals surface area contributed by atoms with Crippen LogP contribution in [0.1, 0.15) is 24.2 Å². The number of aromatic amines is 1. The fourth-order valence-corrected chi connectivity index (χ4v) is 3.81. The molecule has 0 spiro atoms. The summed E-state index contributed by atoms with van der Waals surface area (Å²) >= 11 is 1.36. The summed E-state index contributed by atoms with van der Waals surface area (Å²) in [5.41, 5.74) is 3.64. The fraction of sp³-hybridized carbons (Fsp3) is 0.200. The first-order chi connectivity index (χ1) is 13.0. The predicted molar refractivity (Wildman–Crippen MR) is 105 cm³/mol. The van der Waals surface area contributed by atoms with Gasteiger partial charge in [-0.1, -0.05) is 41.6 Å². The SMILES string of the molecule is CSc1n[n+]2c(c(=O)[nH]1)-c1ccccc1N(C(C)=O)[C@@H]2c1ccc(C)cc1. The number of aryl methyl sites for hydroxylation is 1. The minimum absolute atomic E-state index is 0.112. The Balaban J connectivity index is 2.08. The molecule has 1 N–H and O–H groups in total. The van der Waals surface area contributed by atoms with E-state index in [1.165, 1.54) is 18.7 Å². The summed E-state index contributed by atoms with van der Waals surface area (Å²) in [5, 5.41) is 5.14. The van der Waals surface area contributed by atoms with Crippen LogP contribution in [0, 0.1) is 6.92 Å². The number of amides is 1. The van der Waals surface area contributed by atoms with Crippen LogP contribution < -0.4 is 15.1 Å². The molecule has 1 amide bonds. The predicted octanol–water partition coefficient (Wildman–Crippen LogP) is 2.67. The minimum atomic E-state index is -0.527. The highest BCUT2D eigenvalue weighted by Gasteiger charge is 2.44. The molecule has 0 bridgehead atoms. The van der Waals surface area contributed by atoms with Crippen LogP contribution in [-0.4, -0.2) is 22.2 Å². The summed E-state index contributed by atoms with van der Waals surface area (Å²) in [4.78, 5) is 30.1. The number of anilines is 1. The summed E-state index contributed by atoms with van der Waals surface area (Å²) in [6, 6.07) is 15.4. The number of hydrogen-bond acceptors (Lipinski definition) is 4. The zero-order valence-electron chi connectivity index (χ0n) is 15.3. The first-order valence-corrected chi connectivity index (χ1v) is 9.79. The molecule has 7 heteroatoms. The summed E-state index contributed by atoms with van der Waals surface area (Å²) < 4.78 is 1.67. The van der Waals surface area contributed by atoms with Gasteiger partial charge in [-0.2, -0.15) is 0 Å². The third-order valence-electron chi connectivity index (χ3n) is 4.67. The van der Waals surface area contributed by atoms with Crippen molar-refractivity contribution < 1.29 is 9.48 Å². The van der Waals surface area contributed by atoms with Gasteiger partial charge in [-0.05, 0) is 42.1 Å². The lowest BCUT2D eigenvalue weighted by atomic mass is 10.0. The molecule has 0 aliphatic carbocycles. The lowest BCUT2D eigenvalue weighted by molar-refractivity contribution is -0.763. The van der Waals surface area contributed by atoms with Crippen LogP contribution in [0.4, 0.5) is 5.69 Å². The van der Waals surface area contributed by atoms with Gasteiger partial charge in [0.15, 0.2) is 0 Å². The Hall–Kier alpha value is -2.93. The van der Waals surface area contributed by atoms with Gasteiger partial charge >= 0.3 is 11.3 Å². The first kappa shape index (κ1) is 17.5. The number of nitrogens with one attached hydrogen (secondary N) is 1. The van der Waals surface area contributed by atoms with E-state index >= 15 is 0 Å². The number of hydrogen-bond donors (Lipinski definition) is 1. The van der Waals surface area contributed by atoms with Gasteiger partial charge in [0.2, 0.25) is 11.1 Å². The van der Waals surface area contributed by atoms with E-state index in [9.17, 15) is 9.59 Å². The topological polar surface area (TPSA) is 69.9 Å². The number of H-pyrrole nitrogens is 1. The van der Waals surface area contributed by atoms with Gasteiger partial charge in [0.05, 0.1) is 11.3 Å². The second-order valence-corrected chi connectivity index (χ2v) is 7.24. The third kappa shape index (κ3) is 2.84. The second-order valence-electron chi connectivity index (χ2n) is 6.45. The first-order valence-electron chi connectivity index (χ1n) is 8.57. The molecule has 136 valence electrons. The second kappa shape index (κ2) is 6.66. The largest absolute Gasteiger partial charge is 0.325 e. The molecule has 1 aromatic heterocycles. The monoisotopic (exact) mass is 379 g/mol. The highest BCUT2D eigenvalue weighted by atomic mass is 32.2. The van der Waals surface area contributed by atoms with Crippen LogP contribution in [-0.2, 0) is 4.79 Å². The fourth-order valence-electron chi connectivity index (χ4n) is 3.44. The molecular weight excluding hydrogens is 360 g/mol. The molecule has 4 rings (SSSR count). The van der Waals surface area contributed by atoms with Crippen molar-refractivity contribution in [3.63, 3.8) is 0 Å². The van der Waals surface area contributed by atoms with Crippen LogP contribution in [0.3, 0.4) is 0 Å². The number of benzene rings is 2. The maximum absolute atomic E-state index is 12.9. The Morgan fingerprint density at radius 1 is 1.19 bits per heavy atom. The van der Waals surface area contributed by atoms with E-state index in [0.29, 0.717) is 22.1 Å². The normalized spacial score (nSPS) is 15.2. The molecular formula is C20H19N4O2S+. The molecule has 1 atom stereocenters. The van der Waals surface area contributed by atoms with Gasteiger partial charge in [-0.25, -0.2) is 4.90 Å². The average Bonchev–Trinajstić information content (AvgIpc) is 2.67. The average molecular weight is 379 g/mol. The zero-order chi connectivity index (χ0) is 19.1. The van der Waals surface area contributed by atoms with Gasteiger partial charge in [0.25, 0.3) is 6.17 Å². The lowest BCUT2D eigenvalue weighted by Crippen LogP contribution is -2.60. The van der Waals surface area contributed by atoms with Crippen LogP contribution in [0.25, 0.3) is 11.3 Å². The Morgan fingerprint density at radius 3 is 2.56 bits per heavy atom. The lowest BCUT2D eigenvalue weighted by Gasteiger charge is -2.31. The van der Waals surface area contributed by atoms with Crippen molar-refractivity contribution in [1.82, 2.24) is 10.1 Å². The van der Waals surface area contributed by atoms with Gasteiger partial charge in [-0.15, -0.1) is 0 Å². The number of thioether (sulfide) groups is 1. The third-order valence-corrected chi connectivity index (χ3v) is 5.24. The van der Waals surface area contributed by atoms with Crippen LogP contribution in [0.15, 0.2) is 58.5 Å². The molecule has 2 aromatic carbocycles. The van der Waals surface area contributed by atoms with Crippen molar-refractivity contribution in [1.29, 1.82) is 0 Å². The number of nitrogens with zero attached hydrogens (tertiary/aromatic N) is 3. The molecule has 27 heavy (non-hydrogen) atoms. The van der Waals surface area contributed by atoms with E-state index in [1.807, 2.05) is 61.7 Å². The van der Waals surface area contributed by atoms with Crippen LogP contribution in [0.2, 0.25) is 0 Å². The number of carbonyl (C=O) groups excluding carboxylic acids is 1. The molecule has 6 nitrogen and oxygen atoms in total. The molecule has 0 unspecified atom stereocenters.